The maximum atomic E-state index is 14.7. The molecule has 0 radical (unpaired) electrons. The second kappa shape index (κ2) is 9.77. The second-order valence-corrected chi connectivity index (χ2v) is 10.3. The van der Waals surface area contributed by atoms with Crippen molar-refractivity contribution in [1.82, 2.24) is 0 Å². The molecule has 35 heavy (non-hydrogen) atoms. The molecule has 1 aliphatic heterocycles. The van der Waals surface area contributed by atoms with Crippen molar-refractivity contribution in [2.24, 2.45) is 0 Å². The molecular weight excluding hydrogens is 470 g/mol. The highest BCUT2D eigenvalue weighted by molar-refractivity contribution is 8.01. The maximum absolute atomic E-state index is 14.7. The molecule has 2 unspecified atom stereocenters. The Morgan fingerprint density at radius 2 is 1.83 bits per heavy atom. The van der Waals surface area contributed by atoms with Gasteiger partial charge in [0.15, 0.2) is 0 Å². The summed E-state index contributed by atoms with van der Waals surface area (Å²) in [7, 11) is -1.64. The van der Waals surface area contributed by atoms with Crippen molar-refractivity contribution in [3.63, 3.8) is 0 Å². The Kier molecular flexibility index (Phi) is 6.77. The molecule has 3 aromatic carbocycles. The summed E-state index contributed by atoms with van der Waals surface area (Å²) in [4.78, 5) is 26.9. The van der Waals surface area contributed by atoms with Crippen molar-refractivity contribution in [2.45, 2.75) is 22.8 Å². The van der Waals surface area contributed by atoms with Crippen LogP contribution in [-0.4, -0.2) is 51.8 Å². The quantitative estimate of drug-likeness (QED) is 0.292. The number of aliphatic hydroxyl groups excluding tert-OH is 1. The number of fused-ring (bicyclic) bond motifs is 1. The fourth-order valence-electron chi connectivity index (χ4n) is 4.19. The van der Waals surface area contributed by atoms with Gasteiger partial charge in [0.2, 0.25) is 0 Å². The molecule has 0 saturated heterocycles. The third-order valence-electron chi connectivity index (χ3n) is 5.75. The second-order valence-electron chi connectivity index (χ2n) is 7.90. The number of aliphatic hydroxyl groups is 1. The van der Waals surface area contributed by atoms with Gasteiger partial charge >= 0.3 is 0 Å². The largest absolute Gasteiger partial charge is 0.495 e. The van der Waals surface area contributed by atoms with Gasteiger partial charge in [0.25, 0.3) is 11.6 Å². The SMILES string of the molecule is COc1ccccc1N1C(=O)c2c(NCCO)cccc2S(=O)(c2ccc([N+](=O)[O-])cc2)=CC1C. The van der Waals surface area contributed by atoms with Crippen molar-refractivity contribution < 1.29 is 23.8 Å². The number of carbonyl (C=O) groups excluding carboxylic acids is 1. The summed E-state index contributed by atoms with van der Waals surface area (Å²) >= 11 is 0. The Balaban J connectivity index is 2.02. The Labute approximate surface area is 203 Å². The highest BCUT2D eigenvalue weighted by atomic mass is 32.2. The molecule has 0 fully saturated rings. The summed E-state index contributed by atoms with van der Waals surface area (Å²) < 4.78 is 20.2. The van der Waals surface area contributed by atoms with Crippen LogP contribution in [0.1, 0.15) is 17.3 Å². The molecule has 1 heterocycles. The standard InChI is InChI=1S/C25H25N3O6S/c1-17-16-35(33,19-12-10-18(11-13-19)28(31)32)23-9-5-6-20(26-14-15-29)24(23)25(30)27(17)21-7-3-4-8-22(21)34-2/h3-13,16-17,26,29H,14-15H2,1-2H3. The number of ether oxygens (including phenoxy) is 1. The molecule has 3 aromatic rings. The number of nitrogens with zero attached hydrogens (tertiary/aromatic N) is 2. The number of methoxy groups -OCH3 is 1. The summed E-state index contributed by atoms with van der Waals surface area (Å²) in [6.45, 7) is 1.80. The van der Waals surface area contributed by atoms with Gasteiger partial charge in [-0.1, -0.05) is 18.2 Å². The number of nitro groups is 1. The average Bonchev–Trinajstić information content (AvgIpc) is 2.95. The zero-order valence-corrected chi connectivity index (χ0v) is 20.0. The number of amides is 1. The normalized spacial score (nSPS) is 19.3. The molecule has 0 aliphatic carbocycles. The number of para-hydroxylation sites is 2. The van der Waals surface area contributed by atoms with E-state index in [1.165, 1.54) is 36.3 Å². The maximum Gasteiger partial charge on any atom is 0.269 e. The third-order valence-corrected chi connectivity index (χ3v) is 8.49. The zero-order chi connectivity index (χ0) is 25.2. The Morgan fingerprint density at radius 1 is 1.11 bits per heavy atom. The molecule has 4 rings (SSSR count). The van der Waals surface area contributed by atoms with Crippen LogP contribution < -0.4 is 15.0 Å². The number of non-ortho nitro benzene ring substituents is 1. The van der Waals surface area contributed by atoms with Crippen molar-refractivity contribution >= 4 is 37.9 Å². The van der Waals surface area contributed by atoms with Gasteiger partial charge in [0.1, 0.15) is 5.75 Å². The average molecular weight is 496 g/mol. The molecule has 2 N–H and O–H groups in total. The number of nitro benzene ring substituents is 1. The van der Waals surface area contributed by atoms with E-state index in [1.807, 2.05) is 0 Å². The molecule has 9 nitrogen and oxygen atoms in total. The predicted molar refractivity (Wildman–Crippen MR) is 135 cm³/mol. The monoisotopic (exact) mass is 495 g/mol. The Bertz CT molecular complexity index is 1400. The van der Waals surface area contributed by atoms with Gasteiger partial charge in [-0.15, -0.1) is 0 Å². The van der Waals surface area contributed by atoms with E-state index in [0.29, 0.717) is 26.9 Å². The van der Waals surface area contributed by atoms with Crippen molar-refractivity contribution in [2.75, 3.05) is 30.5 Å². The summed E-state index contributed by atoms with van der Waals surface area (Å²) in [5, 5.41) is 25.2. The summed E-state index contributed by atoms with van der Waals surface area (Å²) in [6.07, 6.45) is 0. The fourth-order valence-corrected chi connectivity index (χ4v) is 6.75. The fraction of sp³-hybridized carbons (Fsp3) is 0.200. The van der Waals surface area contributed by atoms with Crippen LogP contribution in [0.25, 0.3) is 0 Å². The molecule has 2 atom stereocenters. The molecule has 1 amide bonds. The first kappa shape index (κ1) is 24.2. The summed E-state index contributed by atoms with van der Waals surface area (Å²) in [5.41, 5.74) is 1.03. The predicted octanol–water partition coefficient (Wildman–Crippen LogP) is 3.56. The number of carbonyl (C=O) groups is 1. The van der Waals surface area contributed by atoms with E-state index in [9.17, 15) is 24.2 Å². The van der Waals surface area contributed by atoms with Gasteiger partial charge in [0.05, 0.1) is 40.8 Å². The minimum absolute atomic E-state index is 0.122. The van der Waals surface area contributed by atoms with Gasteiger partial charge < -0.3 is 15.2 Å². The number of hydrogen-bond acceptors (Lipinski definition) is 7. The molecule has 182 valence electrons. The Hall–Kier alpha value is -3.89. The molecular formula is C25H25N3O6S. The lowest BCUT2D eigenvalue weighted by atomic mass is 10.1. The number of benzene rings is 3. The van der Waals surface area contributed by atoms with Crippen LogP contribution in [-0.2, 0) is 9.52 Å². The number of hydrogen-bond donors (Lipinski definition) is 2. The van der Waals surface area contributed by atoms with E-state index in [-0.39, 0.29) is 30.3 Å². The molecule has 0 aromatic heterocycles. The topological polar surface area (TPSA) is 122 Å². The minimum Gasteiger partial charge on any atom is -0.495 e. The number of anilines is 2. The van der Waals surface area contributed by atoms with Crippen LogP contribution in [0.2, 0.25) is 0 Å². The first-order valence-electron chi connectivity index (χ1n) is 10.9. The zero-order valence-electron chi connectivity index (χ0n) is 19.2. The summed E-state index contributed by atoms with van der Waals surface area (Å²) in [6, 6.07) is 17.0. The van der Waals surface area contributed by atoms with Crippen LogP contribution in [0, 0.1) is 10.1 Å². The van der Waals surface area contributed by atoms with E-state index in [2.05, 4.69) is 5.32 Å². The lowest BCUT2D eigenvalue weighted by Crippen LogP contribution is -2.39. The Morgan fingerprint density at radius 3 is 2.49 bits per heavy atom. The highest BCUT2D eigenvalue weighted by Crippen LogP contribution is 2.38. The van der Waals surface area contributed by atoms with Crippen molar-refractivity contribution in [1.29, 1.82) is 0 Å². The lowest BCUT2D eigenvalue weighted by Gasteiger charge is -2.28. The lowest BCUT2D eigenvalue weighted by molar-refractivity contribution is -0.384. The molecule has 10 heteroatoms. The van der Waals surface area contributed by atoms with Crippen LogP contribution in [0.5, 0.6) is 5.75 Å². The minimum atomic E-state index is -3.15. The third kappa shape index (κ3) is 4.33. The highest BCUT2D eigenvalue weighted by Gasteiger charge is 2.36. The van der Waals surface area contributed by atoms with E-state index in [1.54, 1.807) is 54.8 Å². The van der Waals surface area contributed by atoms with E-state index < -0.39 is 20.5 Å². The number of rotatable bonds is 7. The van der Waals surface area contributed by atoms with Crippen LogP contribution >= 0.6 is 0 Å². The van der Waals surface area contributed by atoms with Crippen LogP contribution in [0.3, 0.4) is 0 Å². The molecule has 0 bridgehead atoms. The molecule has 1 aliphatic rings. The van der Waals surface area contributed by atoms with Crippen LogP contribution in [0.4, 0.5) is 17.1 Å². The first-order chi connectivity index (χ1) is 16.8. The van der Waals surface area contributed by atoms with Crippen molar-refractivity contribution in [3.05, 3.63) is 82.4 Å². The first-order valence-corrected chi connectivity index (χ1v) is 12.5. The van der Waals surface area contributed by atoms with E-state index >= 15 is 0 Å². The van der Waals surface area contributed by atoms with Crippen LogP contribution in [0.15, 0.2) is 76.5 Å². The molecule has 0 saturated carbocycles. The van der Waals surface area contributed by atoms with E-state index in [0.717, 1.165) is 0 Å². The van der Waals surface area contributed by atoms with E-state index in [4.69, 9.17) is 4.74 Å². The molecule has 0 spiro atoms. The van der Waals surface area contributed by atoms with Gasteiger partial charge in [-0.3, -0.25) is 24.0 Å². The van der Waals surface area contributed by atoms with Gasteiger partial charge in [-0.25, -0.2) is 0 Å². The van der Waals surface area contributed by atoms with Gasteiger partial charge in [0, 0.05) is 44.1 Å². The summed E-state index contributed by atoms with van der Waals surface area (Å²) in [5.74, 6) is 0.0913. The van der Waals surface area contributed by atoms with Gasteiger partial charge in [-0.2, -0.15) is 0 Å². The van der Waals surface area contributed by atoms with Gasteiger partial charge in [-0.05, 0) is 43.3 Å². The van der Waals surface area contributed by atoms with Crippen molar-refractivity contribution in [3.8, 4) is 5.75 Å². The number of nitrogens with one attached hydrogen (secondary N) is 1. The smallest absolute Gasteiger partial charge is 0.269 e.